The quantitative estimate of drug-likeness (QED) is 0.634. The molecule has 2 aromatic rings. The van der Waals surface area contributed by atoms with Crippen molar-refractivity contribution in [1.29, 1.82) is 0 Å². The second-order valence-corrected chi connectivity index (χ2v) is 5.56. The highest BCUT2D eigenvalue weighted by molar-refractivity contribution is 5.54. The van der Waals surface area contributed by atoms with Gasteiger partial charge < -0.3 is 15.7 Å². The molecule has 0 amide bonds. The van der Waals surface area contributed by atoms with Gasteiger partial charge in [-0.15, -0.1) is 0 Å². The average molecular weight is 273 g/mol. The molecule has 1 fully saturated rings. The Kier molecular flexibility index (Phi) is 3.36. The first-order valence-corrected chi connectivity index (χ1v) is 6.93. The molecule has 1 aromatic heterocycles. The standard InChI is InChI=1S/C15H21N4O/c1-17-6-7-18(11-17)9-14-8-15(20)10-19(14)13-4-2-12(16)3-5-13/h2-7,11,14-15,20H,8-10,16H2,1H3/q+1. The van der Waals surface area contributed by atoms with E-state index in [1.165, 1.54) is 0 Å². The number of β-amino-alcohol motifs (C(OH)–C–C–N with tert-alkyl or cyclic N) is 1. The van der Waals surface area contributed by atoms with E-state index in [4.69, 9.17) is 5.73 Å². The number of benzene rings is 1. The van der Waals surface area contributed by atoms with E-state index >= 15 is 0 Å². The Morgan fingerprint density at radius 1 is 1.35 bits per heavy atom. The lowest BCUT2D eigenvalue weighted by molar-refractivity contribution is -0.671. The molecule has 0 aliphatic carbocycles. The number of imidazole rings is 1. The summed E-state index contributed by atoms with van der Waals surface area (Å²) in [5.41, 5.74) is 7.63. The van der Waals surface area contributed by atoms with Crippen molar-refractivity contribution in [2.45, 2.75) is 25.1 Å². The normalized spacial score (nSPS) is 22.4. The van der Waals surface area contributed by atoms with Gasteiger partial charge in [0.25, 0.3) is 0 Å². The predicted octanol–water partition coefficient (Wildman–Crippen LogP) is 0.535. The molecule has 5 nitrogen and oxygen atoms in total. The number of nitrogen functional groups attached to an aromatic ring is 1. The lowest BCUT2D eigenvalue weighted by atomic mass is 10.2. The van der Waals surface area contributed by atoms with Crippen LogP contribution in [0.1, 0.15) is 6.42 Å². The van der Waals surface area contributed by atoms with E-state index in [2.05, 4.69) is 22.0 Å². The molecule has 20 heavy (non-hydrogen) atoms. The van der Waals surface area contributed by atoms with Gasteiger partial charge in [-0.2, -0.15) is 0 Å². The summed E-state index contributed by atoms with van der Waals surface area (Å²) in [4.78, 5) is 2.27. The van der Waals surface area contributed by atoms with Crippen LogP contribution in [0, 0.1) is 0 Å². The third-order valence-corrected chi connectivity index (χ3v) is 3.86. The van der Waals surface area contributed by atoms with Gasteiger partial charge in [0.1, 0.15) is 18.9 Å². The van der Waals surface area contributed by atoms with Gasteiger partial charge in [-0.1, -0.05) is 0 Å². The monoisotopic (exact) mass is 273 g/mol. The Bertz CT molecular complexity index is 578. The first-order chi connectivity index (χ1) is 9.61. The minimum absolute atomic E-state index is 0.262. The number of aliphatic hydroxyl groups excluding tert-OH is 1. The molecule has 3 rings (SSSR count). The van der Waals surface area contributed by atoms with Crippen LogP contribution < -0.4 is 15.2 Å². The number of aliphatic hydroxyl groups is 1. The summed E-state index contributed by atoms with van der Waals surface area (Å²) in [5.74, 6) is 0. The molecule has 1 aliphatic heterocycles. The van der Waals surface area contributed by atoms with Crippen molar-refractivity contribution in [2.24, 2.45) is 7.05 Å². The van der Waals surface area contributed by atoms with E-state index < -0.39 is 0 Å². The van der Waals surface area contributed by atoms with Gasteiger partial charge in [0.05, 0.1) is 19.2 Å². The van der Waals surface area contributed by atoms with Crippen LogP contribution in [0.15, 0.2) is 43.0 Å². The zero-order valence-corrected chi connectivity index (χ0v) is 11.7. The van der Waals surface area contributed by atoms with E-state index in [-0.39, 0.29) is 6.10 Å². The SMILES string of the molecule is C[n+]1ccn(CC2CC(O)CN2c2ccc(N)cc2)c1. The average Bonchev–Trinajstić information content (AvgIpc) is 2.97. The fourth-order valence-electron chi connectivity index (χ4n) is 2.90. The summed E-state index contributed by atoms with van der Waals surface area (Å²) >= 11 is 0. The molecule has 3 N–H and O–H groups in total. The summed E-state index contributed by atoms with van der Waals surface area (Å²) in [6.45, 7) is 1.56. The highest BCUT2D eigenvalue weighted by Gasteiger charge is 2.32. The second-order valence-electron chi connectivity index (χ2n) is 5.56. The number of aryl methyl sites for hydroxylation is 1. The number of rotatable bonds is 3. The molecular weight excluding hydrogens is 252 g/mol. The van der Waals surface area contributed by atoms with E-state index in [9.17, 15) is 5.11 Å². The number of anilines is 2. The van der Waals surface area contributed by atoms with Gasteiger partial charge in [-0.3, -0.25) is 0 Å². The third kappa shape index (κ3) is 2.63. The molecule has 0 bridgehead atoms. The second kappa shape index (κ2) is 5.17. The first-order valence-electron chi connectivity index (χ1n) is 6.93. The third-order valence-electron chi connectivity index (χ3n) is 3.86. The fraction of sp³-hybridized carbons (Fsp3) is 0.400. The number of hydrogen-bond acceptors (Lipinski definition) is 3. The number of nitrogens with two attached hydrogens (primary N) is 1. The minimum Gasteiger partial charge on any atom is -0.399 e. The Balaban J connectivity index is 1.79. The highest BCUT2D eigenvalue weighted by atomic mass is 16.3. The van der Waals surface area contributed by atoms with Crippen molar-refractivity contribution in [2.75, 3.05) is 17.2 Å². The number of aromatic nitrogens is 2. The minimum atomic E-state index is -0.262. The highest BCUT2D eigenvalue weighted by Crippen LogP contribution is 2.27. The zero-order valence-electron chi connectivity index (χ0n) is 11.7. The van der Waals surface area contributed by atoms with Crippen LogP contribution in [-0.2, 0) is 13.6 Å². The maximum Gasteiger partial charge on any atom is 0.243 e. The summed E-state index contributed by atoms with van der Waals surface area (Å²) in [5, 5.41) is 9.99. The lowest BCUT2D eigenvalue weighted by Crippen LogP contribution is -2.33. The number of nitrogens with zero attached hydrogens (tertiary/aromatic N) is 3. The van der Waals surface area contributed by atoms with Crippen molar-refractivity contribution < 1.29 is 9.67 Å². The molecule has 0 spiro atoms. The molecule has 106 valence electrons. The van der Waals surface area contributed by atoms with Gasteiger partial charge >= 0.3 is 0 Å². The van der Waals surface area contributed by atoms with E-state index in [1.54, 1.807) is 0 Å². The largest absolute Gasteiger partial charge is 0.399 e. The van der Waals surface area contributed by atoms with Crippen molar-refractivity contribution in [1.82, 2.24) is 4.57 Å². The lowest BCUT2D eigenvalue weighted by Gasteiger charge is -2.25. The summed E-state index contributed by atoms with van der Waals surface area (Å²) in [7, 11) is 2.01. The molecule has 2 atom stereocenters. The van der Waals surface area contributed by atoms with Gasteiger partial charge in [-0.05, 0) is 30.7 Å². The summed E-state index contributed by atoms with van der Waals surface area (Å²) < 4.78 is 4.19. The first kappa shape index (κ1) is 13.0. The number of hydrogen-bond donors (Lipinski definition) is 2. The molecule has 2 unspecified atom stereocenters. The summed E-state index contributed by atoms with van der Waals surface area (Å²) in [6, 6.07) is 8.17. The van der Waals surface area contributed by atoms with Crippen LogP contribution in [0.3, 0.4) is 0 Å². The van der Waals surface area contributed by atoms with E-state index in [1.807, 2.05) is 42.1 Å². The maximum absolute atomic E-state index is 9.99. The van der Waals surface area contributed by atoms with E-state index in [0.29, 0.717) is 12.6 Å². The molecule has 1 aromatic carbocycles. The van der Waals surface area contributed by atoms with Crippen molar-refractivity contribution >= 4 is 11.4 Å². The van der Waals surface area contributed by atoms with Crippen LogP contribution in [0.2, 0.25) is 0 Å². The van der Waals surface area contributed by atoms with Crippen LogP contribution in [-0.4, -0.2) is 28.4 Å². The van der Waals surface area contributed by atoms with Gasteiger partial charge in [0.2, 0.25) is 6.33 Å². The van der Waals surface area contributed by atoms with Crippen LogP contribution in [0.4, 0.5) is 11.4 Å². The topological polar surface area (TPSA) is 58.3 Å². The van der Waals surface area contributed by atoms with E-state index in [0.717, 1.165) is 24.3 Å². The predicted molar refractivity (Wildman–Crippen MR) is 78.2 cm³/mol. The Hall–Kier alpha value is -2.01. The molecule has 2 heterocycles. The van der Waals surface area contributed by atoms with Crippen molar-refractivity contribution in [3.05, 3.63) is 43.0 Å². The smallest absolute Gasteiger partial charge is 0.243 e. The molecule has 0 radical (unpaired) electrons. The van der Waals surface area contributed by atoms with Crippen molar-refractivity contribution in [3.8, 4) is 0 Å². The molecular formula is C15H21N4O+. The van der Waals surface area contributed by atoms with Crippen molar-refractivity contribution in [3.63, 3.8) is 0 Å². The maximum atomic E-state index is 9.99. The Morgan fingerprint density at radius 2 is 2.10 bits per heavy atom. The molecule has 0 saturated carbocycles. The Labute approximate surface area is 118 Å². The van der Waals surface area contributed by atoms with Gasteiger partial charge in [-0.25, -0.2) is 9.13 Å². The summed E-state index contributed by atoms with van der Waals surface area (Å²) in [6.07, 6.45) is 6.69. The van der Waals surface area contributed by atoms with Crippen LogP contribution in [0.5, 0.6) is 0 Å². The molecule has 5 heteroatoms. The van der Waals surface area contributed by atoms with Gasteiger partial charge in [0, 0.05) is 17.9 Å². The van der Waals surface area contributed by atoms with Gasteiger partial charge in [0.15, 0.2) is 0 Å². The molecule has 1 aliphatic rings. The van der Waals surface area contributed by atoms with Crippen LogP contribution >= 0.6 is 0 Å². The molecule has 1 saturated heterocycles. The Morgan fingerprint density at radius 3 is 2.75 bits per heavy atom. The van der Waals surface area contributed by atoms with Crippen LogP contribution in [0.25, 0.3) is 0 Å². The zero-order chi connectivity index (χ0) is 14.1. The fourth-order valence-corrected chi connectivity index (χ4v) is 2.90.